The fourth-order valence-electron chi connectivity index (χ4n) is 3.58. The zero-order chi connectivity index (χ0) is 21.3. The van der Waals surface area contributed by atoms with Crippen molar-refractivity contribution in [2.24, 2.45) is 5.73 Å². The van der Waals surface area contributed by atoms with Gasteiger partial charge in [-0.1, -0.05) is 35.4 Å². The number of ketones is 1. The SMILES string of the molecule is CC1=CC(CCc2ccc(F)cc2F)=C(Cl)C(=O)C1c1cc(C(N)=O)ccc1C. The Balaban J connectivity index is 1.88. The number of benzene rings is 2. The van der Waals surface area contributed by atoms with E-state index in [0.29, 0.717) is 28.7 Å². The van der Waals surface area contributed by atoms with Gasteiger partial charge in [-0.25, -0.2) is 8.78 Å². The Kier molecular flexibility index (Phi) is 5.99. The van der Waals surface area contributed by atoms with Crippen LogP contribution in [0.25, 0.3) is 0 Å². The third-order valence-electron chi connectivity index (χ3n) is 5.17. The number of allylic oxidation sites excluding steroid dienone is 4. The van der Waals surface area contributed by atoms with Crippen molar-refractivity contribution in [1.82, 2.24) is 0 Å². The number of carbonyl (C=O) groups excluding carboxylic acids is 2. The van der Waals surface area contributed by atoms with Gasteiger partial charge in [0, 0.05) is 11.6 Å². The van der Waals surface area contributed by atoms with Crippen molar-refractivity contribution in [3.63, 3.8) is 0 Å². The molecule has 29 heavy (non-hydrogen) atoms. The van der Waals surface area contributed by atoms with Gasteiger partial charge in [-0.15, -0.1) is 0 Å². The summed E-state index contributed by atoms with van der Waals surface area (Å²) in [6.07, 6.45) is 2.46. The molecule has 3 nitrogen and oxygen atoms in total. The van der Waals surface area contributed by atoms with Gasteiger partial charge in [0.25, 0.3) is 0 Å². The van der Waals surface area contributed by atoms with Crippen molar-refractivity contribution >= 4 is 23.3 Å². The molecule has 0 saturated carbocycles. The third kappa shape index (κ3) is 4.30. The molecular weight excluding hydrogens is 396 g/mol. The average Bonchev–Trinajstić information content (AvgIpc) is 2.66. The van der Waals surface area contributed by atoms with Crippen molar-refractivity contribution in [3.05, 3.63) is 92.5 Å². The van der Waals surface area contributed by atoms with E-state index in [9.17, 15) is 18.4 Å². The maximum Gasteiger partial charge on any atom is 0.248 e. The van der Waals surface area contributed by atoms with Gasteiger partial charge in [-0.2, -0.15) is 0 Å². The Morgan fingerprint density at radius 2 is 1.83 bits per heavy atom. The van der Waals surface area contributed by atoms with E-state index >= 15 is 0 Å². The van der Waals surface area contributed by atoms with Crippen LogP contribution in [0.1, 0.15) is 46.3 Å². The first-order valence-electron chi connectivity index (χ1n) is 9.14. The molecule has 1 aliphatic carbocycles. The highest BCUT2D eigenvalue weighted by molar-refractivity contribution is 6.44. The fraction of sp³-hybridized carbons (Fsp3) is 0.217. The van der Waals surface area contributed by atoms with Gasteiger partial charge < -0.3 is 5.73 Å². The molecule has 1 aliphatic rings. The van der Waals surface area contributed by atoms with Crippen LogP contribution in [0.5, 0.6) is 0 Å². The van der Waals surface area contributed by atoms with Crippen LogP contribution in [0.3, 0.4) is 0 Å². The number of Topliss-reactive ketones (excluding diaryl/α,β-unsaturated/α-hetero) is 1. The monoisotopic (exact) mass is 415 g/mol. The Labute approximate surface area is 172 Å². The minimum absolute atomic E-state index is 0.0898. The maximum atomic E-state index is 13.9. The average molecular weight is 416 g/mol. The molecule has 0 saturated heterocycles. The quantitative estimate of drug-likeness (QED) is 0.737. The number of amides is 1. The lowest BCUT2D eigenvalue weighted by atomic mass is 9.80. The largest absolute Gasteiger partial charge is 0.366 e. The summed E-state index contributed by atoms with van der Waals surface area (Å²) >= 11 is 6.37. The molecule has 2 N–H and O–H groups in total. The number of aryl methyl sites for hydroxylation is 2. The molecule has 150 valence electrons. The van der Waals surface area contributed by atoms with Crippen molar-refractivity contribution in [1.29, 1.82) is 0 Å². The molecule has 3 rings (SSSR count). The normalized spacial score (nSPS) is 16.8. The van der Waals surface area contributed by atoms with E-state index in [1.165, 1.54) is 12.1 Å². The molecule has 0 bridgehead atoms. The summed E-state index contributed by atoms with van der Waals surface area (Å²) in [6, 6.07) is 8.42. The van der Waals surface area contributed by atoms with Crippen LogP contribution < -0.4 is 5.73 Å². The number of hydrogen-bond donors (Lipinski definition) is 1. The second-order valence-corrected chi connectivity index (χ2v) is 7.57. The molecule has 1 amide bonds. The standard InChI is InChI=1S/C23H20ClF2NO2/c1-12-3-4-16(23(27)29)10-18(12)20-13(2)9-15(21(24)22(20)28)6-5-14-7-8-17(25)11-19(14)26/h3-4,7-11,20H,5-6H2,1-2H3,(H2,27,29). The molecule has 0 aromatic heterocycles. The van der Waals surface area contributed by atoms with E-state index in [2.05, 4.69) is 0 Å². The number of hydrogen-bond acceptors (Lipinski definition) is 2. The van der Waals surface area contributed by atoms with Crippen LogP contribution in [0.2, 0.25) is 0 Å². The summed E-state index contributed by atoms with van der Waals surface area (Å²) in [7, 11) is 0. The number of halogens is 3. The third-order valence-corrected chi connectivity index (χ3v) is 5.60. The summed E-state index contributed by atoms with van der Waals surface area (Å²) in [5.74, 6) is -2.70. The predicted octanol–water partition coefficient (Wildman–Crippen LogP) is 5.11. The Hall–Kier alpha value is -2.79. The zero-order valence-electron chi connectivity index (χ0n) is 16.1. The van der Waals surface area contributed by atoms with Crippen molar-refractivity contribution < 1.29 is 18.4 Å². The van der Waals surface area contributed by atoms with E-state index in [4.69, 9.17) is 17.3 Å². The van der Waals surface area contributed by atoms with E-state index in [-0.39, 0.29) is 17.2 Å². The number of primary amides is 1. The summed E-state index contributed by atoms with van der Waals surface area (Å²) in [6.45, 7) is 3.67. The highest BCUT2D eigenvalue weighted by atomic mass is 35.5. The van der Waals surface area contributed by atoms with Crippen LogP contribution in [-0.4, -0.2) is 11.7 Å². The summed E-state index contributed by atoms with van der Waals surface area (Å²) < 4.78 is 26.9. The van der Waals surface area contributed by atoms with E-state index in [1.807, 2.05) is 19.9 Å². The molecule has 1 unspecified atom stereocenters. The number of nitrogens with two attached hydrogens (primary N) is 1. The Bertz CT molecular complexity index is 1070. The molecule has 0 fully saturated rings. The van der Waals surface area contributed by atoms with Gasteiger partial charge in [0.05, 0.1) is 11.0 Å². The first-order chi connectivity index (χ1) is 13.7. The van der Waals surface area contributed by atoms with Crippen LogP contribution >= 0.6 is 11.6 Å². The highest BCUT2D eigenvalue weighted by Gasteiger charge is 2.31. The molecule has 2 aromatic carbocycles. The van der Waals surface area contributed by atoms with Gasteiger partial charge in [0.15, 0.2) is 5.78 Å². The molecule has 0 radical (unpaired) electrons. The minimum atomic E-state index is -0.636. The van der Waals surface area contributed by atoms with Crippen molar-refractivity contribution in [2.45, 2.75) is 32.6 Å². The second-order valence-electron chi connectivity index (χ2n) is 7.20. The van der Waals surface area contributed by atoms with Gasteiger partial charge in [-0.05, 0) is 67.2 Å². The van der Waals surface area contributed by atoms with E-state index < -0.39 is 23.5 Å². The molecule has 0 spiro atoms. The lowest BCUT2D eigenvalue weighted by Gasteiger charge is -2.25. The van der Waals surface area contributed by atoms with Crippen LogP contribution in [-0.2, 0) is 11.2 Å². The summed E-state index contributed by atoms with van der Waals surface area (Å²) in [5.41, 5.74) is 8.97. The first kappa shape index (κ1) is 20.9. The van der Waals surface area contributed by atoms with Gasteiger partial charge >= 0.3 is 0 Å². The topological polar surface area (TPSA) is 60.2 Å². The fourth-order valence-corrected chi connectivity index (χ4v) is 3.84. The maximum absolute atomic E-state index is 13.9. The lowest BCUT2D eigenvalue weighted by molar-refractivity contribution is -0.115. The van der Waals surface area contributed by atoms with Crippen LogP contribution in [0, 0.1) is 18.6 Å². The highest BCUT2D eigenvalue weighted by Crippen LogP contribution is 2.38. The van der Waals surface area contributed by atoms with Crippen molar-refractivity contribution in [3.8, 4) is 0 Å². The minimum Gasteiger partial charge on any atom is -0.366 e. The van der Waals surface area contributed by atoms with Crippen molar-refractivity contribution in [2.75, 3.05) is 0 Å². The van der Waals surface area contributed by atoms with E-state index in [0.717, 1.165) is 17.2 Å². The summed E-state index contributed by atoms with van der Waals surface area (Å²) in [4.78, 5) is 24.6. The smallest absolute Gasteiger partial charge is 0.248 e. The summed E-state index contributed by atoms with van der Waals surface area (Å²) in [5, 5.41) is 0.0898. The van der Waals surface area contributed by atoms with Crippen LogP contribution in [0.4, 0.5) is 8.78 Å². The molecule has 1 atom stereocenters. The van der Waals surface area contributed by atoms with Gasteiger partial charge in [-0.3, -0.25) is 9.59 Å². The van der Waals surface area contributed by atoms with E-state index in [1.54, 1.807) is 18.2 Å². The number of rotatable bonds is 5. The molecule has 6 heteroatoms. The first-order valence-corrected chi connectivity index (χ1v) is 9.52. The number of carbonyl (C=O) groups is 2. The Morgan fingerprint density at radius 3 is 2.48 bits per heavy atom. The predicted molar refractivity (Wildman–Crippen MR) is 109 cm³/mol. The van der Waals surface area contributed by atoms with Gasteiger partial charge in [0.1, 0.15) is 11.6 Å². The molecule has 2 aromatic rings. The van der Waals surface area contributed by atoms with Crippen LogP contribution in [0.15, 0.2) is 58.7 Å². The molecule has 0 aliphatic heterocycles. The lowest BCUT2D eigenvalue weighted by Crippen LogP contribution is -2.21. The Morgan fingerprint density at radius 1 is 1.10 bits per heavy atom. The second kappa shape index (κ2) is 8.29. The van der Waals surface area contributed by atoms with Gasteiger partial charge in [0.2, 0.25) is 5.91 Å². The molecular formula is C23H20ClF2NO2. The zero-order valence-corrected chi connectivity index (χ0v) is 16.8. The molecule has 0 heterocycles.